The summed E-state index contributed by atoms with van der Waals surface area (Å²) < 4.78 is 0. The predicted molar refractivity (Wildman–Crippen MR) is 121 cm³/mol. The van der Waals surface area contributed by atoms with Crippen LogP contribution >= 0.6 is 34.8 Å². The van der Waals surface area contributed by atoms with E-state index in [0.717, 1.165) is 4.90 Å². The van der Waals surface area contributed by atoms with Gasteiger partial charge in [-0.15, -0.1) is 23.2 Å². The zero-order valence-electron chi connectivity index (χ0n) is 17.8. The zero-order valence-corrected chi connectivity index (χ0v) is 20.1. The summed E-state index contributed by atoms with van der Waals surface area (Å²) >= 11 is 20.2. The monoisotopic (exact) mass is 510 g/mol. The summed E-state index contributed by atoms with van der Waals surface area (Å²) in [6, 6.07) is 4.37. The SMILES string of the molecule is CCN1C(=O)C2CC=C3C(CC4(Cl)C(=O)N(C)C(=O)C4(Cl)C3c3cc(Cl)ccc3O)C2C1=O. The number of hydrogen-bond acceptors (Lipinski definition) is 5. The Hall–Kier alpha value is -2.09. The number of fused-ring (bicyclic) bond motifs is 4. The molecule has 0 bridgehead atoms. The molecule has 1 saturated carbocycles. The van der Waals surface area contributed by atoms with Gasteiger partial charge in [-0.3, -0.25) is 29.0 Å². The Morgan fingerprint density at radius 3 is 2.45 bits per heavy atom. The van der Waals surface area contributed by atoms with Crippen molar-refractivity contribution in [3.05, 3.63) is 40.4 Å². The molecule has 3 fully saturated rings. The molecule has 2 aliphatic heterocycles. The van der Waals surface area contributed by atoms with Gasteiger partial charge >= 0.3 is 0 Å². The minimum atomic E-state index is -1.94. The lowest BCUT2D eigenvalue weighted by atomic mass is 9.56. The quantitative estimate of drug-likeness (QED) is 0.374. The lowest BCUT2D eigenvalue weighted by Gasteiger charge is -2.50. The highest BCUT2D eigenvalue weighted by atomic mass is 35.5. The summed E-state index contributed by atoms with van der Waals surface area (Å²) in [7, 11) is 1.32. The van der Waals surface area contributed by atoms with Crippen molar-refractivity contribution in [3.8, 4) is 5.75 Å². The highest BCUT2D eigenvalue weighted by Gasteiger charge is 2.76. The third-order valence-electron chi connectivity index (χ3n) is 7.72. The first-order chi connectivity index (χ1) is 15.5. The van der Waals surface area contributed by atoms with E-state index in [4.69, 9.17) is 34.8 Å². The molecular weight excluding hydrogens is 491 g/mol. The van der Waals surface area contributed by atoms with Crippen molar-refractivity contribution in [3.63, 3.8) is 0 Å². The first-order valence-electron chi connectivity index (χ1n) is 10.7. The molecule has 174 valence electrons. The fraction of sp³-hybridized carbons (Fsp3) is 0.478. The van der Waals surface area contributed by atoms with Crippen molar-refractivity contribution in [2.75, 3.05) is 13.6 Å². The van der Waals surface area contributed by atoms with Gasteiger partial charge in [0.1, 0.15) is 5.75 Å². The number of nitrogens with zero attached hydrogens (tertiary/aromatic N) is 2. The highest BCUT2D eigenvalue weighted by molar-refractivity contribution is 6.53. The van der Waals surface area contributed by atoms with Gasteiger partial charge in [0.05, 0.1) is 11.8 Å². The first-order valence-corrected chi connectivity index (χ1v) is 11.9. The van der Waals surface area contributed by atoms with Gasteiger partial charge in [-0.25, -0.2) is 0 Å². The molecule has 0 spiro atoms. The summed E-state index contributed by atoms with van der Waals surface area (Å²) in [6.07, 6.45) is 2.03. The van der Waals surface area contributed by atoms with Crippen LogP contribution in [0.4, 0.5) is 0 Å². The fourth-order valence-corrected chi connectivity index (χ4v) is 7.41. The van der Waals surface area contributed by atoms with Crippen LogP contribution in [-0.2, 0) is 19.2 Å². The van der Waals surface area contributed by atoms with Gasteiger partial charge in [-0.2, -0.15) is 0 Å². The van der Waals surface area contributed by atoms with Crippen LogP contribution in [0.5, 0.6) is 5.75 Å². The maximum atomic E-state index is 13.4. The number of likely N-dealkylation sites (tertiary alicyclic amines) is 2. The van der Waals surface area contributed by atoms with E-state index < -0.39 is 45.2 Å². The van der Waals surface area contributed by atoms with E-state index >= 15 is 0 Å². The molecule has 10 heteroatoms. The number of rotatable bonds is 2. The molecule has 5 rings (SSSR count). The molecule has 6 unspecified atom stereocenters. The molecule has 2 heterocycles. The van der Waals surface area contributed by atoms with Crippen molar-refractivity contribution in [2.24, 2.45) is 17.8 Å². The average Bonchev–Trinajstić information content (AvgIpc) is 3.10. The van der Waals surface area contributed by atoms with Crippen LogP contribution in [0, 0.1) is 17.8 Å². The van der Waals surface area contributed by atoms with Gasteiger partial charge in [0.25, 0.3) is 11.8 Å². The molecule has 6 atom stereocenters. The number of alkyl halides is 2. The average molecular weight is 512 g/mol. The summed E-state index contributed by atoms with van der Waals surface area (Å²) in [5, 5.41) is 11.0. The number of aromatic hydroxyl groups is 1. The van der Waals surface area contributed by atoms with E-state index in [9.17, 15) is 24.3 Å². The Kier molecular flexibility index (Phi) is 4.95. The third kappa shape index (κ3) is 2.64. The van der Waals surface area contributed by atoms with Gasteiger partial charge < -0.3 is 5.11 Å². The van der Waals surface area contributed by atoms with E-state index in [2.05, 4.69) is 0 Å². The maximum Gasteiger partial charge on any atom is 0.253 e. The summed E-state index contributed by atoms with van der Waals surface area (Å²) in [4.78, 5) is 51.1. The van der Waals surface area contributed by atoms with E-state index in [-0.39, 0.29) is 42.5 Å². The van der Waals surface area contributed by atoms with Gasteiger partial charge in [0.2, 0.25) is 11.8 Å². The zero-order chi connectivity index (χ0) is 24.0. The van der Waals surface area contributed by atoms with E-state index in [0.29, 0.717) is 10.6 Å². The Morgan fingerprint density at radius 1 is 1.09 bits per heavy atom. The Bertz CT molecular complexity index is 1170. The van der Waals surface area contributed by atoms with Crippen LogP contribution in [0.15, 0.2) is 29.8 Å². The second kappa shape index (κ2) is 7.20. The number of phenolic OH excluding ortho intramolecular Hbond substituents is 1. The van der Waals surface area contributed by atoms with E-state index in [1.54, 1.807) is 6.92 Å². The molecule has 7 nitrogen and oxygen atoms in total. The molecule has 4 amide bonds. The number of benzene rings is 1. The number of phenols is 1. The largest absolute Gasteiger partial charge is 0.508 e. The second-order valence-corrected chi connectivity index (χ2v) is 10.8. The maximum absolute atomic E-state index is 13.4. The fourth-order valence-electron chi connectivity index (χ4n) is 6.22. The molecule has 33 heavy (non-hydrogen) atoms. The Morgan fingerprint density at radius 2 is 1.79 bits per heavy atom. The number of carbonyl (C=O) groups excluding carboxylic acids is 4. The number of allylic oxidation sites excluding steroid dienone is 2. The van der Waals surface area contributed by atoms with Crippen LogP contribution in [0.25, 0.3) is 0 Å². The van der Waals surface area contributed by atoms with E-state index in [1.807, 2.05) is 6.08 Å². The number of imide groups is 2. The van der Waals surface area contributed by atoms with Crippen molar-refractivity contribution in [2.45, 2.75) is 35.4 Å². The molecule has 2 saturated heterocycles. The topological polar surface area (TPSA) is 95.0 Å². The predicted octanol–water partition coefficient (Wildman–Crippen LogP) is 3.05. The van der Waals surface area contributed by atoms with Crippen LogP contribution in [0.2, 0.25) is 5.02 Å². The molecule has 1 N–H and O–H groups in total. The van der Waals surface area contributed by atoms with E-state index in [1.165, 1.54) is 30.1 Å². The number of carbonyl (C=O) groups is 4. The van der Waals surface area contributed by atoms with Crippen molar-refractivity contribution in [1.29, 1.82) is 0 Å². The number of amides is 4. The Labute approximate surface area is 205 Å². The van der Waals surface area contributed by atoms with Gasteiger partial charge in [0.15, 0.2) is 9.75 Å². The molecule has 0 radical (unpaired) electrons. The molecule has 1 aromatic carbocycles. The molecule has 2 aliphatic carbocycles. The smallest absolute Gasteiger partial charge is 0.253 e. The first kappa shape index (κ1) is 22.7. The molecular formula is C23H21Cl3N2O5. The van der Waals surface area contributed by atoms with Gasteiger partial charge in [0, 0.05) is 30.1 Å². The van der Waals surface area contributed by atoms with Crippen LogP contribution in [0.1, 0.15) is 31.2 Å². The lowest BCUT2D eigenvalue weighted by molar-refractivity contribution is -0.141. The third-order valence-corrected chi connectivity index (χ3v) is 9.37. The minimum absolute atomic E-state index is 0.0750. The van der Waals surface area contributed by atoms with Crippen molar-refractivity contribution >= 4 is 58.4 Å². The minimum Gasteiger partial charge on any atom is -0.508 e. The van der Waals surface area contributed by atoms with Gasteiger partial charge in [-0.1, -0.05) is 23.3 Å². The standard InChI is InChI=1S/C23H21Cl3N2O5/c1-3-28-18(30)12-6-5-11-14(16(12)19(28)31)9-22(25)20(32)27(2)21(33)23(22,26)17(11)13-8-10(24)4-7-15(13)29/h4-5,7-8,12,14,16-17,29H,3,6,9H2,1-2H3. The number of hydrogen-bond donors (Lipinski definition) is 1. The van der Waals surface area contributed by atoms with Crippen molar-refractivity contribution < 1.29 is 24.3 Å². The van der Waals surface area contributed by atoms with Crippen LogP contribution < -0.4 is 0 Å². The van der Waals surface area contributed by atoms with Crippen molar-refractivity contribution in [1.82, 2.24) is 9.80 Å². The summed E-state index contributed by atoms with van der Waals surface area (Å²) in [5.41, 5.74) is 0.869. The number of halogens is 3. The summed E-state index contributed by atoms with van der Waals surface area (Å²) in [6.45, 7) is 1.98. The van der Waals surface area contributed by atoms with Gasteiger partial charge in [-0.05, 0) is 43.9 Å². The lowest BCUT2D eigenvalue weighted by Crippen LogP contribution is -2.60. The highest BCUT2D eigenvalue weighted by Crippen LogP contribution is 2.66. The normalized spacial score (nSPS) is 37.8. The second-order valence-electron chi connectivity index (χ2n) is 9.12. The Balaban J connectivity index is 1.76. The molecule has 0 aromatic heterocycles. The summed E-state index contributed by atoms with van der Waals surface area (Å²) in [5.74, 6) is -4.97. The molecule has 4 aliphatic rings. The van der Waals surface area contributed by atoms with Crippen LogP contribution in [-0.4, -0.2) is 61.9 Å². The van der Waals surface area contributed by atoms with Crippen LogP contribution in [0.3, 0.4) is 0 Å². The molecule has 1 aromatic rings.